The molecule has 3 nitrogen and oxygen atoms in total. The third-order valence-electron chi connectivity index (χ3n) is 3.09. The van der Waals surface area contributed by atoms with Crippen LogP contribution in [0.1, 0.15) is 25.3 Å². The molecule has 0 atom stereocenters. The molecule has 0 radical (unpaired) electrons. The molecule has 2 rings (SSSR count). The summed E-state index contributed by atoms with van der Waals surface area (Å²) in [5.41, 5.74) is 1.32. The van der Waals surface area contributed by atoms with Gasteiger partial charge in [0.05, 0.1) is 5.69 Å². The Morgan fingerprint density at radius 3 is 2.32 bits per heavy atom. The largest absolute Gasteiger partial charge is 0.278 e. The maximum absolute atomic E-state index is 13.6. The van der Waals surface area contributed by atoms with Crippen molar-refractivity contribution in [1.82, 2.24) is 0 Å². The number of rotatable bonds is 4. The van der Waals surface area contributed by atoms with E-state index in [2.05, 4.69) is 20.7 Å². The summed E-state index contributed by atoms with van der Waals surface area (Å²) in [6.45, 7) is 4.03. The summed E-state index contributed by atoms with van der Waals surface area (Å²) in [5.74, 6) is -1.68. The smallest absolute Gasteiger partial charge is 0.264 e. The fourth-order valence-electron chi connectivity index (χ4n) is 1.87. The zero-order valence-corrected chi connectivity index (χ0v) is 14.3. The fraction of sp³-hybridized carbons (Fsp3) is 0.200. The van der Waals surface area contributed by atoms with E-state index in [1.807, 2.05) is 13.8 Å². The second-order valence-electron chi connectivity index (χ2n) is 5.07. The zero-order valence-electron chi connectivity index (χ0n) is 11.9. The Kier molecular flexibility index (Phi) is 4.87. The van der Waals surface area contributed by atoms with E-state index in [1.54, 1.807) is 18.2 Å². The normalized spacial score (nSPS) is 11.7. The van der Waals surface area contributed by atoms with E-state index in [9.17, 15) is 17.2 Å². The highest BCUT2D eigenvalue weighted by Crippen LogP contribution is 2.29. The van der Waals surface area contributed by atoms with Gasteiger partial charge in [0.2, 0.25) is 0 Å². The van der Waals surface area contributed by atoms with Crippen molar-refractivity contribution < 1.29 is 17.2 Å². The molecule has 0 heterocycles. The second kappa shape index (κ2) is 6.34. The lowest BCUT2D eigenvalue weighted by atomic mass is 10.0. The van der Waals surface area contributed by atoms with Gasteiger partial charge in [0.15, 0.2) is 0 Å². The SMILES string of the molecule is CC(C)c1ccc(NS(=O)(=O)c2ccc(F)cc2F)c(Br)c1. The van der Waals surface area contributed by atoms with Gasteiger partial charge in [-0.15, -0.1) is 0 Å². The minimum atomic E-state index is -4.14. The number of sulfonamides is 1. The quantitative estimate of drug-likeness (QED) is 0.826. The van der Waals surface area contributed by atoms with Crippen LogP contribution in [0, 0.1) is 11.6 Å². The summed E-state index contributed by atoms with van der Waals surface area (Å²) in [7, 11) is -4.14. The first-order chi connectivity index (χ1) is 10.2. The molecule has 0 amide bonds. The number of hydrogen-bond acceptors (Lipinski definition) is 2. The van der Waals surface area contributed by atoms with Crippen molar-refractivity contribution in [3.05, 3.63) is 58.1 Å². The van der Waals surface area contributed by atoms with Crippen LogP contribution in [0.25, 0.3) is 0 Å². The van der Waals surface area contributed by atoms with Crippen LogP contribution in [0.2, 0.25) is 0 Å². The first-order valence-corrected chi connectivity index (χ1v) is 8.75. The van der Waals surface area contributed by atoms with Crippen LogP contribution >= 0.6 is 15.9 Å². The summed E-state index contributed by atoms with van der Waals surface area (Å²) in [6, 6.07) is 7.50. The van der Waals surface area contributed by atoms with Gasteiger partial charge in [0, 0.05) is 10.5 Å². The topological polar surface area (TPSA) is 46.2 Å². The van der Waals surface area contributed by atoms with Crippen LogP contribution in [-0.2, 0) is 10.0 Å². The average molecular weight is 390 g/mol. The van der Waals surface area contributed by atoms with Gasteiger partial charge in [0.1, 0.15) is 16.5 Å². The van der Waals surface area contributed by atoms with Crippen LogP contribution in [0.5, 0.6) is 0 Å². The minimum Gasteiger partial charge on any atom is -0.278 e. The van der Waals surface area contributed by atoms with Gasteiger partial charge in [-0.2, -0.15) is 0 Å². The van der Waals surface area contributed by atoms with Crippen LogP contribution in [0.3, 0.4) is 0 Å². The molecule has 1 N–H and O–H groups in total. The van der Waals surface area contributed by atoms with Crippen molar-refractivity contribution >= 4 is 31.6 Å². The Morgan fingerprint density at radius 2 is 1.77 bits per heavy atom. The molecule has 0 aromatic heterocycles. The van der Waals surface area contributed by atoms with E-state index in [0.717, 1.165) is 17.7 Å². The van der Waals surface area contributed by atoms with Gasteiger partial charge in [-0.3, -0.25) is 4.72 Å². The van der Waals surface area contributed by atoms with Crippen molar-refractivity contribution in [1.29, 1.82) is 0 Å². The maximum atomic E-state index is 13.6. The lowest BCUT2D eigenvalue weighted by Gasteiger charge is -2.13. The molecule has 118 valence electrons. The van der Waals surface area contributed by atoms with Crippen molar-refractivity contribution in [3.63, 3.8) is 0 Å². The Morgan fingerprint density at radius 1 is 1.09 bits per heavy atom. The molecular formula is C15H14BrF2NO2S. The van der Waals surface area contributed by atoms with Gasteiger partial charge in [-0.25, -0.2) is 17.2 Å². The molecule has 0 saturated heterocycles. The van der Waals surface area contributed by atoms with E-state index in [1.165, 1.54) is 0 Å². The first kappa shape index (κ1) is 16.9. The van der Waals surface area contributed by atoms with Gasteiger partial charge in [-0.1, -0.05) is 19.9 Å². The lowest BCUT2D eigenvalue weighted by Crippen LogP contribution is -2.15. The molecule has 0 bridgehead atoms. The van der Waals surface area contributed by atoms with Gasteiger partial charge < -0.3 is 0 Å². The van der Waals surface area contributed by atoms with Crippen molar-refractivity contribution in [2.24, 2.45) is 0 Å². The number of nitrogens with one attached hydrogen (secondary N) is 1. The van der Waals surface area contributed by atoms with E-state index >= 15 is 0 Å². The Bertz CT molecular complexity index is 807. The minimum absolute atomic E-state index is 0.285. The molecule has 7 heteroatoms. The molecule has 0 saturated carbocycles. The molecule has 0 fully saturated rings. The highest BCUT2D eigenvalue weighted by molar-refractivity contribution is 9.10. The zero-order chi connectivity index (χ0) is 16.5. The summed E-state index contributed by atoms with van der Waals surface area (Å²) in [6.07, 6.45) is 0. The molecule has 0 aliphatic heterocycles. The van der Waals surface area contributed by atoms with Crippen LogP contribution in [-0.4, -0.2) is 8.42 Å². The van der Waals surface area contributed by atoms with Gasteiger partial charge in [0.25, 0.3) is 10.0 Å². The maximum Gasteiger partial charge on any atom is 0.264 e. The number of hydrogen-bond donors (Lipinski definition) is 1. The number of benzene rings is 2. The summed E-state index contributed by atoms with van der Waals surface area (Å²) in [5, 5.41) is 0. The number of anilines is 1. The van der Waals surface area contributed by atoms with Crippen molar-refractivity contribution in [2.75, 3.05) is 4.72 Å². The van der Waals surface area contributed by atoms with E-state index in [4.69, 9.17) is 0 Å². The molecule has 22 heavy (non-hydrogen) atoms. The Labute approximate surface area is 136 Å². The first-order valence-electron chi connectivity index (χ1n) is 6.48. The Hall–Kier alpha value is -1.47. The molecular weight excluding hydrogens is 376 g/mol. The van der Waals surface area contributed by atoms with Crippen LogP contribution in [0.4, 0.5) is 14.5 Å². The third-order valence-corrected chi connectivity index (χ3v) is 5.14. The Balaban J connectivity index is 2.37. The van der Waals surface area contributed by atoms with Crippen LogP contribution < -0.4 is 4.72 Å². The predicted molar refractivity (Wildman–Crippen MR) is 85.4 cm³/mol. The summed E-state index contributed by atoms with van der Waals surface area (Å²) in [4.78, 5) is -0.603. The third kappa shape index (κ3) is 3.64. The molecule has 0 unspecified atom stereocenters. The predicted octanol–water partition coefficient (Wildman–Crippen LogP) is 4.65. The van der Waals surface area contributed by atoms with Crippen molar-refractivity contribution in [3.8, 4) is 0 Å². The molecule has 0 aliphatic carbocycles. The average Bonchev–Trinajstić information content (AvgIpc) is 2.40. The van der Waals surface area contributed by atoms with Gasteiger partial charge in [-0.05, 0) is 51.7 Å². The van der Waals surface area contributed by atoms with Crippen molar-refractivity contribution in [2.45, 2.75) is 24.7 Å². The fourth-order valence-corrected chi connectivity index (χ4v) is 3.63. The highest BCUT2D eigenvalue weighted by atomic mass is 79.9. The standard InChI is InChI=1S/C15H14BrF2NO2S/c1-9(2)10-3-5-14(12(16)7-10)19-22(20,21)15-6-4-11(17)8-13(15)18/h3-9,19H,1-2H3. The van der Waals surface area contributed by atoms with E-state index in [-0.39, 0.29) is 11.6 Å². The van der Waals surface area contributed by atoms with Crippen LogP contribution in [0.15, 0.2) is 45.8 Å². The van der Waals surface area contributed by atoms with Gasteiger partial charge >= 0.3 is 0 Å². The van der Waals surface area contributed by atoms with E-state index in [0.29, 0.717) is 10.5 Å². The molecule has 2 aromatic carbocycles. The van der Waals surface area contributed by atoms with E-state index < -0.39 is 26.6 Å². The molecule has 0 spiro atoms. The summed E-state index contributed by atoms with van der Waals surface area (Å²) >= 11 is 3.29. The number of halogens is 3. The summed E-state index contributed by atoms with van der Waals surface area (Å²) < 4.78 is 53.8. The highest BCUT2D eigenvalue weighted by Gasteiger charge is 2.20. The molecule has 0 aliphatic rings. The second-order valence-corrected chi connectivity index (χ2v) is 7.58. The monoisotopic (exact) mass is 389 g/mol. The molecule has 2 aromatic rings. The lowest BCUT2D eigenvalue weighted by molar-refractivity contribution is 0.551.